The first-order valence-electron chi connectivity index (χ1n) is 32.9. The maximum atomic E-state index is 13.2. The van der Waals surface area contributed by atoms with Crippen LogP contribution in [0.2, 0.25) is 0 Å². The number of aliphatic hydroxyl groups is 2. The molecule has 1 fully saturated rings. The third kappa shape index (κ3) is 46.3. The summed E-state index contributed by atoms with van der Waals surface area (Å²) < 4.78 is 28.5. The SMILES string of the molecule is CC/C=C\C/C=C\C/C=C\CCCCCCCC(=O)OC(COC(=O)CCCCCCCCC/C=C\CCCCCCCC)COC1OC(C(=O)O)C(O)C(O)C1OC(=O)CCCCCCCCCCC/C=C\C/C=C\CCCCC. The molecule has 1 heterocycles. The van der Waals surface area contributed by atoms with Crippen LogP contribution < -0.4 is 0 Å². The van der Waals surface area contributed by atoms with Gasteiger partial charge in [-0.15, -0.1) is 0 Å². The molecule has 0 radical (unpaired) electrons. The molecule has 3 N–H and O–H groups in total. The van der Waals surface area contributed by atoms with E-state index in [1.165, 1.54) is 116 Å². The zero-order valence-electron chi connectivity index (χ0n) is 51.5. The summed E-state index contributed by atoms with van der Waals surface area (Å²) in [7, 11) is 0. The van der Waals surface area contributed by atoms with Crippen molar-refractivity contribution in [3.8, 4) is 0 Å². The molecule has 0 aliphatic carbocycles. The van der Waals surface area contributed by atoms with Gasteiger partial charge >= 0.3 is 23.9 Å². The molecule has 466 valence electrons. The van der Waals surface area contributed by atoms with Crippen molar-refractivity contribution in [3.63, 3.8) is 0 Å². The Morgan fingerprint density at radius 1 is 0.420 bits per heavy atom. The lowest BCUT2D eigenvalue weighted by molar-refractivity contribution is -0.301. The number of ether oxygens (including phenoxy) is 5. The second kappa shape index (κ2) is 56.6. The highest BCUT2D eigenvalue weighted by molar-refractivity contribution is 5.74. The van der Waals surface area contributed by atoms with Crippen LogP contribution in [0.1, 0.15) is 290 Å². The highest BCUT2D eigenvalue weighted by Gasteiger charge is 2.50. The van der Waals surface area contributed by atoms with Gasteiger partial charge in [-0.1, -0.05) is 235 Å². The number of hydrogen-bond donors (Lipinski definition) is 3. The Balaban J connectivity index is 2.66. The largest absolute Gasteiger partial charge is 0.479 e. The molecule has 6 atom stereocenters. The molecule has 12 heteroatoms. The first-order valence-corrected chi connectivity index (χ1v) is 32.9. The number of carboxylic acids is 1. The standard InChI is InChI=1S/C69H118O12/c1-4-7-10-13-16-19-22-25-28-30-31-33-36-39-42-45-48-51-54-57-63(72)80-67-65(74)64(73)66(68(75)76)81-69(67)78-59-60(79-62(71)56-53-50-47-44-41-38-34-27-24-21-18-15-12-9-6-3)58-77-61(70)55-52-49-46-43-40-37-35-32-29-26-23-20-17-14-11-8-5-2/h9,12,16,18-19,21,25-29,34,60,64-67,69,73-74H,4-8,10-11,13-15,17,20,22-24,30-33,35-59H2,1-3H3,(H,75,76)/b12-9-,19-16-,21-18-,28-25-,29-26-,34-27-. The lowest BCUT2D eigenvalue weighted by atomic mass is 9.98. The summed E-state index contributed by atoms with van der Waals surface area (Å²) in [5.74, 6) is -3.14. The maximum absolute atomic E-state index is 13.2. The summed E-state index contributed by atoms with van der Waals surface area (Å²) >= 11 is 0. The molecule has 0 aromatic heterocycles. The topological polar surface area (TPSA) is 175 Å². The van der Waals surface area contributed by atoms with E-state index in [9.17, 15) is 34.5 Å². The van der Waals surface area contributed by atoms with E-state index in [2.05, 4.69) is 93.7 Å². The van der Waals surface area contributed by atoms with Gasteiger partial charge in [0.15, 0.2) is 24.6 Å². The van der Waals surface area contributed by atoms with Crippen LogP contribution in [-0.2, 0) is 42.9 Å². The van der Waals surface area contributed by atoms with Crippen LogP contribution in [0.4, 0.5) is 0 Å². The molecule has 0 bridgehead atoms. The highest BCUT2D eigenvalue weighted by Crippen LogP contribution is 2.27. The summed E-state index contributed by atoms with van der Waals surface area (Å²) in [5.41, 5.74) is 0. The lowest BCUT2D eigenvalue weighted by Gasteiger charge is -2.40. The van der Waals surface area contributed by atoms with Gasteiger partial charge in [0.05, 0.1) is 6.61 Å². The van der Waals surface area contributed by atoms with Crippen molar-refractivity contribution in [1.29, 1.82) is 0 Å². The predicted octanol–water partition coefficient (Wildman–Crippen LogP) is 17.7. The van der Waals surface area contributed by atoms with Crippen LogP contribution in [0.25, 0.3) is 0 Å². The molecule has 0 saturated carbocycles. The number of esters is 3. The number of aliphatic carboxylic acids is 1. The van der Waals surface area contributed by atoms with Crippen molar-refractivity contribution in [2.45, 2.75) is 327 Å². The molecule has 0 amide bonds. The van der Waals surface area contributed by atoms with Crippen molar-refractivity contribution in [2.75, 3.05) is 13.2 Å². The van der Waals surface area contributed by atoms with E-state index in [0.29, 0.717) is 19.3 Å². The minimum atomic E-state index is -1.91. The van der Waals surface area contributed by atoms with Gasteiger partial charge in [0.2, 0.25) is 0 Å². The summed E-state index contributed by atoms with van der Waals surface area (Å²) in [4.78, 5) is 51.3. The van der Waals surface area contributed by atoms with Crippen LogP contribution >= 0.6 is 0 Å². The van der Waals surface area contributed by atoms with Crippen LogP contribution in [0.5, 0.6) is 0 Å². The molecule has 0 aromatic rings. The van der Waals surface area contributed by atoms with Gasteiger partial charge in [-0.05, 0) is 109 Å². The van der Waals surface area contributed by atoms with Gasteiger partial charge in [0.1, 0.15) is 18.8 Å². The monoisotopic (exact) mass is 1140 g/mol. The number of carbonyl (C=O) groups excluding carboxylic acids is 3. The first kappa shape index (κ1) is 75.2. The zero-order chi connectivity index (χ0) is 58.9. The second-order valence-electron chi connectivity index (χ2n) is 22.4. The quantitative estimate of drug-likeness (QED) is 0.0228. The van der Waals surface area contributed by atoms with E-state index >= 15 is 0 Å². The third-order valence-electron chi connectivity index (χ3n) is 14.7. The van der Waals surface area contributed by atoms with Gasteiger partial charge < -0.3 is 39.0 Å². The number of rotatable bonds is 56. The second-order valence-corrected chi connectivity index (χ2v) is 22.4. The van der Waals surface area contributed by atoms with Gasteiger partial charge in [-0.25, -0.2) is 4.79 Å². The van der Waals surface area contributed by atoms with Crippen molar-refractivity contribution < 1.29 is 58.2 Å². The first-order chi connectivity index (χ1) is 39.6. The van der Waals surface area contributed by atoms with Crippen LogP contribution in [0, 0.1) is 0 Å². The number of allylic oxidation sites excluding steroid dienone is 12. The molecule has 1 rings (SSSR count). The molecule has 1 aliphatic heterocycles. The third-order valence-corrected chi connectivity index (χ3v) is 14.7. The smallest absolute Gasteiger partial charge is 0.335 e. The Morgan fingerprint density at radius 3 is 1.22 bits per heavy atom. The molecule has 81 heavy (non-hydrogen) atoms. The fourth-order valence-corrected chi connectivity index (χ4v) is 9.70. The van der Waals surface area contributed by atoms with Crippen molar-refractivity contribution in [1.82, 2.24) is 0 Å². The molecule has 12 nitrogen and oxygen atoms in total. The van der Waals surface area contributed by atoms with Gasteiger partial charge in [0.25, 0.3) is 0 Å². The van der Waals surface area contributed by atoms with E-state index in [-0.39, 0.29) is 25.9 Å². The number of aliphatic hydroxyl groups excluding tert-OH is 2. The zero-order valence-corrected chi connectivity index (χ0v) is 51.5. The lowest BCUT2D eigenvalue weighted by Crippen LogP contribution is -2.61. The molecule has 1 aliphatic rings. The van der Waals surface area contributed by atoms with Gasteiger partial charge in [-0.2, -0.15) is 0 Å². The Labute approximate surface area is 493 Å². The van der Waals surface area contributed by atoms with Crippen molar-refractivity contribution in [2.24, 2.45) is 0 Å². The maximum Gasteiger partial charge on any atom is 0.335 e. The summed E-state index contributed by atoms with van der Waals surface area (Å²) in [6.45, 7) is 5.87. The molecule has 6 unspecified atom stereocenters. The van der Waals surface area contributed by atoms with Crippen molar-refractivity contribution >= 4 is 23.9 Å². The molecule has 0 spiro atoms. The predicted molar refractivity (Wildman–Crippen MR) is 331 cm³/mol. The Morgan fingerprint density at radius 2 is 0.778 bits per heavy atom. The highest BCUT2D eigenvalue weighted by atomic mass is 16.7. The average molecular weight is 1140 g/mol. The molecular formula is C69H118O12. The normalized spacial score (nSPS) is 18.2. The van der Waals surface area contributed by atoms with E-state index in [0.717, 1.165) is 116 Å². The van der Waals surface area contributed by atoms with Crippen molar-refractivity contribution in [3.05, 3.63) is 72.9 Å². The number of hydrogen-bond acceptors (Lipinski definition) is 11. The minimum absolute atomic E-state index is 0.0521. The van der Waals surface area contributed by atoms with Crippen LogP contribution in [0.3, 0.4) is 0 Å². The summed E-state index contributed by atoms with van der Waals surface area (Å²) in [6.07, 6.45) is 60.0. The minimum Gasteiger partial charge on any atom is -0.479 e. The fourth-order valence-electron chi connectivity index (χ4n) is 9.70. The van der Waals surface area contributed by atoms with E-state index < -0.39 is 67.3 Å². The van der Waals surface area contributed by atoms with Gasteiger partial charge in [0, 0.05) is 19.3 Å². The average Bonchev–Trinajstić information content (AvgIpc) is 3.52. The Hall–Kier alpha value is -3.84. The molecule has 1 saturated heterocycles. The summed E-state index contributed by atoms with van der Waals surface area (Å²) in [5, 5.41) is 31.6. The fraction of sp³-hybridized carbons (Fsp3) is 0.768. The number of carbonyl (C=O) groups is 4. The number of unbranched alkanes of at least 4 members (excludes halogenated alkanes) is 30. The van der Waals surface area contributed by atoms with Crippen LogP contribution in [0.15, 0.2) is 72.9 Å². The van der Waals surface area contributed by atoms with E-state index in [4.69, 9.17) is 23.7 Å². The summed E-state index contributed by atoms with van der Waals surface area (Å²) in [6, 6.07) is 0. The van der Waals surface area contributed by atoms with Crippen LogP contribution in [-0.4, -0.2) is 89.2 Å². The van der Waals surface area contributed by atoms with E-state index in [1.54, 1.807) is 0 Å². The number of carboxylic acid groups (broad SMARTS) is 1. The molecule has 0 aromatic carbocycles. The van der Waals surface area contributed by atoms with Gasteiger partial charge in [-0.3, -0.25) is 14.4 Å². The Bertz CT molecular complexity index is 1680. The Kier molecular flexibility index (Phi) is 52.6. The van der Waals surface area contributed by atoms with E-state index in [1.807, 2.05) is 0 Å². The molecular weight excluding hydrogens is 1020 g/mol.